The topological polar surface area (TPSA) is 62.9 Å². The first-order chi connectivity index (χ1) is 19.0. The van der Waals surface area contributed by atoms with Crippen molar-refractivity contribution in [1.29, 1.82) is 0 Å². The molecular formula is C31H35ClN4O3. The molecule has 1 fully saturated rings. The molecule has 0 atom stereocenters. The van der Waals surface area contributed by atoms with Crippen LogP contribution in [-0.4, -0.2) is 80.4 Å². The maximum absolute atomic E-state index is 6.77. The number of ether oxygens (including phenoxy) is 3. The number of nitrogens with one attached hydrogen (secondary N) is 1. The average molecular weight is 547 g/mol. The number of piperazine rings is 1. The predicted octanol–water partition coefficient (Wildman–Crippen LogP) is 6.10. The summed E-state index contributed by atoms with van der Waals surface area (Å²) in [6.07, 6.45) is 0.981. The van der Waals surface area contributed by atoms with Crippen molar-refractivity contribution in [1.82, 2.24) is 19.8 Å². The summed E-state index contributed by atoms with van der Waals surface area (Å²) in [5.41, 5.74) is 4.38. The second kappa shape index (κ2) is 12.6. The number of hydrogen-bond donors (Lipinski definition) is 1. The molecule has 0 bridgehead atoms. The third kappa shape index (κ3) is 6.56. The highest BCUT2D eigenvalue weighted by molar-refractivity contribution is 6.33. The van der Waals surface area contributed by atoms with E-state index >= 15 is 0 Å². The number of likely N-dealkylation sites (N-methyl/N-ethyl adjacent to an activating group) is 1. The molecule has 204 valence electrons. The fraction of sp³-hybridized carbons (Fsp3) is 0.323. The van der Waals surface area contributed by atoms with E-state index in [2.05, 4.69) is 21.8 Å². The fourth-order valence-electron chi connectivity index (χ4n) is 4.79. The molecule has 8 heteroatoms. The van der Waals surface area contributed by atoms with Crippen molar-refractivity contribution in [2.24, 2.45) is 0 Å². The summed E-state index contributed by atoms with van der Waals surface area (Å²) in [5.74, 6) is 2.97. The number of rotatable bonds is 10. The number of aromatic amines is 1. The Kier molecular flexibility index (Phi) is 8.71. The highest BCUT2D eigenvalue weighted by Crippen LogP contribution is 2.37. The molecule has 3 aromatic carbocycles. The lowest BCUT2D eigenvalue weighted by Crippen LogP contribution is -2.44. The highest BCUT2D eigenvalue weighted by Gasteiger charge is 2.18. The fourth-order valence-corrected chi connectivity index (χ4v) is 5.05. The van der Waals surface area contributed by atoms with E-state index in [1.54, 1.807) is 14.2 Å². The van der Waals surface area contributed by atoms with Gasteiger partial charge in [-0.25, -0.2) is 4.98 Å². The molecule has 1 aromatic heterocycles. The zero-order chi connectivity index (χ0) is 27.2. The normalized spacial score (nSPS) is 14.4. The van der Waals surface area contributed by atoms with Crippen molar-refractivity contribution in [2.75, 3.05) is 60.6 Å². The van der Waals surface area contributed by atoms with Crippen LogP contribution in [0.25, 0.3) is 33.9 Å². The third-order valence-corrected chi connectivity index (χ3v) is 7.40. The molecule has 1 aliphatic rings. The molecule has 5 rings (SSSR count). The summed E-state index contributed by atoms with van der Waals surface area (Å²) >= 11 is 6.77. The summed E-state index contributed by atoms with van der Waals surface area (Å²) in [6, 6.07) is 21.6. The van der Waals surface area contributed by atoms with Gasteiger partial charge in [0.2, 0.25) is 0 Å². The molecule has 1 N–H and O–H groups in total. The molecule has 0 radical (unpaired) electrons. The Morgan fingerprint density at radius 2 is 1.54 bits per heavy atom. The van der Waals surface area contributed by atoms with Gasteiger partial charge in [-0.05, 0) is 55.9 Å². The predicted molar refractivity (Wildman–Crippen MR) is 157 cm³/mol. The molecule has 0 saturated carbocycles. The van der Waals surface area contributed by atoms with Gasteiger partial charge in [0.15, 0.2) is 0 Å². The van der Waals surface area contributed by atoms with Crippen LogP contribution in [0.1, 0.15) is 6.42 Å². The minimum Gasteiger partial charge on any atom is -0.497 e. The summed E-state index contributed by atoms with van der Waals surface area (Å²) in [6.45, 7) is 6.20. The zero-order valence-corrected chi connectivity index (χ0v) is 23.5. The Morgan fingerprint density at radius 1 is 0.846 bits per heavy atom. The highest BCUT2D eigenvalue weighted by atomic mass is 35.5. The Balaban J connectivity index is 1.36. The van der Waals surface area contributed by atoms with Gasteiger partial charge < -0.3 is 29.0 Å². The minimum absolute atomic E-state index is 0.578. The van der Waals surface area contributed by atoms with Crippen molar-refractivity contribution < 1.29 is 14.2 Å². The molecule has 7 nitrogen and oxygen atoms in total. The number of benzene rings is 3. The van der Waals surface area contributed by atoms with Crippen LogP contribution >= 0.6 is 11.6 Å². The van der Waals surface area contributed by atoms with E-state index in [0.717, 1.165) is 84.5 Å². The van der Waals surface area contributed by atoms with Gasteiger partial charge in [-0.2, -0.15) is 0 Å². The van der Waals surface area contributed by atoms with Gasteiger partial charge in [0.05, 0.1) is 37.2 Å². The van der Waals surface area contributed by atoms with Gasteiger partial charge >= 0.3 is 0 Å². The first kappa shape index (κ1) is 27.1. The second-order valence-corrected chi connectivity index (χ2v) is 10.2. The van der Waals surface area contributed by atoms with Gasteiger partial charge in [0.1, 0.15) is 23.1 Å². The molecule has 0 amide bonds. The van der Waals surface area contributed by atoms with E-state index in [1.165, 1.54) is 0 Å². The van der Waals surface area contributed by atoms with E-state index in [0.29, 0.717) is 17.5 Å². The van der Waals surface area contributed by atoms with Crippen molar-refractivity contribution >= 4 is 11.6 Å². The van der Waals surface area contributed by atoms with E-state index in [-0.39, 0.29) is 0 Å². The van der Waals surface area contributed by atoms with Gasteiger partial charge in [-0.1, -0.05) is 35.9 Å². The summed E-state index contributed by atoms with van der Waals surface area (Å²) < 4.78 is 17.0. The molecule has 0 unspecified atom stereocenters. The third-order valence-electron chi connectivity index (χ3n) is 7.08. The zero-order valence-electron chi connectivity index (χ0n) is 22.7. The maximum atomic E-state index is 6.77. The minimum atomic E-state index is 0.578. The number of aromatic nitrogens is 2. The molecule has 2 heterocycles. The number of hydrogen-bond acceptors (Lipinski definition) is 6. The Labute approximate surface area is 235 Å². The maximum Gasteiger partial charge on any atom is 0.140 e. The first-order valence-corrected chi connectivity index (χ1v) is 13.6. The SMILES string of the molecule is COc1cccc(-c2nc(-c3ccc(OCCCN4CCN(C)CC4)cc3Cl)[nH]c2-c2cccc(OC)c2)c1. The molecular weight excluding hydrogens is 512 g/mol. The van der Waals surface area contributed by atoms with Crippen LogP contribution in [-0.2, 0) is 0 Å². The number of methoxy groups -OCH3 is 2. The molecule has 1 saturated heterocycles. The second-order valence-electron chi connectivity index (χ2n) is 9.76. The van der Waals surface area contributed by atoms with E-state index in [1.807, 2.05) is 66.7 Å². The summed E-state index contributed by atoms with van der Waals surface area (Å²) in [4.78, 5) is 13.4. The average Bonchev–Trinajstić information content (AvgIpc) is 3.42. The Bertz CT molecular complexity index is 1330. The van der Waals surface area contributed by atoms with Crippen LogP contribution in [0.2, 0.25) is 5.02 Å². The molecule has 1 aliphatic heterocycles. The molecule has 39 heavy (non-hydrogen) atoms. The number of nitrogens with zero attached hydrogens (tertiary/aromatic N) is 3. The standard InChI is InChI=1S/C31H35ClN4O3/c1-35-14-16-36(17-15-35)13-6-18-39-26-11-12-27(28(32)21-26)31-33-29(22-7-4-9-24(19-22)37-2)30(34-31)23-8-5-10-25(20-23)38-3/h4-5,7-12,19-21H,6,13-18H2,1-3H3,(H,33,34). The van der Waals surface area contributed by atoms with Crippen LogP contribution in [0.4, 0.5) is 0 Å². The number of halogens is 1. The first-order valence-electron chi connectivity index (χ1n) is 13.3. The Morgan fingerprint density at radius 3 is 2.23 bits per heavy atom. The van der Waals surface area contributed by atoms with Gasteiger partial charge in [0.25, 0.3) is 0 Å². The van der Waals surface area contributed by atoms with Gasteiger partial charge in [-0.15, -0.1) is 0 Å². The van der Waals surface area contributed by atoms with Crippen LogP contribution < -0.4 is 14.2 Å². The lowest BCUT2D eigenvalue weighted by Gasteiger charge is -2.32. The van der Waals surface area contributed by atoms with E-state index < -0.39 is 0 Å². The number of imidazole rings is 1. The van der Waals surface area contributed by atoms with Gasteiger partial charge in [-0.3, -0.25) is 0 Å². The van der Waals surface area contributed by atoms with Crippen LogP contribution in [0.5, 0.6) is 17.2 Å². The van der Waals surface area contributed by atoms with Gasteiger partial charge in [0, 0.05) is 49.4 Å². The quantitative estimate of drug-likeness (QED) is 0.243. The van der Waals surface area contributed by atoms with Crippen molar-refractivity contribution in [3.8, 4) is 51.2 Å². The monoisotopic (exact) mass is 546 g/mol. The smallest absolute Gasteiger partial charge is 0.140 e. The summed E-state index contributed by atoms with van der Waals surface area (Å²) in [5, 5.41) is 0.578. The lowest BCUT2D eigenvalue weighted by molar-refractivity contribution is 0.145. The van der Waals surface area contributed by atoms with Crippen LogP contribution in [0.3, 0.4) is 0 Å². The van der Waals surface area contributed by atoms with Crippen LogP contribution in [0.15, 0.2) is 66.7 Å². The van der Waals surface area contributed by atoms with Crippen molar-refractivity contribution in [2.45, 2.75) is 6.42 Å². The Hall–Kier alpha value is -3.52. The van der Waals surface area contributed by atoms with Crippen molar-refractivity contribution in [3.63, 3.8) is 0 Å². The molecule has 0 aliphatic carbocycles. The lowest BCUT2D eigenvalue weighted by atomic mass is 10.0. The van der Waals surface area contributed by atoms with Crippen LogP contribution in [0, 0.1) is 0 Å². The molecule has 0 spiro atoms. The van der Waals surface area contributed by atoms with E-state index in [9.17, 15) is 0 Å². The largest absolute Gasteiger partial charge is 0.497 e. The molecule has 4 aromatic rings. The van der Waals surface area contributed by atoms with Crippen molar-refractivity contribution in [3.05, 3.63) is 71.8 Å². The van der Waals surface area contributed by atoms with E-state index in [4.69, 9.17) is 30.8 Å². The summed E-state index contributed by atoms with van der Waals surface area (Å²) in [7, 11) is 5.50. The number of H-pyrrole nitrogens is 1.